The summed E-state index contributed by atoms with van der Waals surface area (Å²) in [5.41, 5.74) is 1.30. The van der Waals surface area contributed by atoms with Crippen molar-refractivity contribution in [3.63, 3.8) is 0 Å². The zero-order chi connectivity index (χ0) is 12.1. The average molecular weight is 232 g/mol. The predicted octanol–water partition coefficient (Wildman–Crippen LogP) is 2.38. The number of carbonyl (C=O) groups excluding carboxylic acids is 2. The van der Waals surface area contributed by atoms with E-state index in [1.54, 1.807) is 12.1 Å². The van der Waals surface area contributed by atoms with Gasteiger partial charge in [0, 0.05) is 5.92 Å². The standard InChI is InChI=1S/C13H16N2O2/c16-9-14-11-7-3-4-8-12(11)15-13(17)10-5-1-2-6-10/h3-4,7-10H,1-2,5-6H2,(H,14,16)(H,15,17). The lowest BCUT2D eigenvalue weighted by atomic mass is 10.1. The highest BCUT2D eigenvalue weighted by atomic mass is 16.2. The van der Waals surface area contributed by atoms with Crippen molar-refractivity contribution in [2.24, 2.45) is 5.92 Å². The van der Waals surface area contributed by atoms with Crippen molar-refractivity contribution in [1.29, 1.82) is 0 Å². The van der Waals surface area contributed by atoms with Crippen LogP contribution in [0.4, 0.5) is 11.4 Å². The Morgan fingerprint density at radius 1 is 1.18 bits per heavy atom. The van der Waals surface area contributed by atoms with Crippen molar-refractivity contribution < 1.29 is 9.59 Å². The summed E-state index contributed by atoms with van der Waals surface area (Å²) in [6, 6.07) is 7.20. The molecule has 0 unspecified atom stereocenters. The molecule has 1 saturated carbocycles. The number of nitrogens with one attached hydrogen (secondary N) is 2. The maximum Gasteiger partial charge on any atom is 0.227 e. The summed E-state index contributed by atoms with van der Waals surface area (Å²) in [7, 11) is 0. The highest BCUT2D eigenvalue weighted by Crippen LogP contribution is 2.27. The third-order valence-electron chi connectivity index (χ3n) is 3.13. The van der Waals surface area contributed by atoms with E-state index in [9.17, 15) is 9.59 Å². The Labute approximate surface area is 100 Å². The third-order valence-corrected chi connectivity index (χ3v) is 3.13. The molecule has 1 aliphatic carbocycles. The molecule has 90 valence electrons. The number of carbonyl (C=O) groups is 2. The molecule has 0 atom stereocenters. The van der Waals surface area contributed by atoms with Crippen molar-refractivity contribution in [1.82, 2.24) is 0 Å². The van der Waals surface area contributed by atoms with Gasteiger partial charge in [-0.2, -0.15) is 0 Å². The van der Waals surface area contributed by atoms with Crippen LogP contribution >= 0.6 is 0 Å². The first kappa shape index (κ1) is 11.6. The van der Waals surface area contributed by atoms with Crippen LogP contribution < -0.4 is 10.6 Å². The summed E-state index contributed by atoms with van der Waals surface area (Å²) in [6.45, 7) is 0. The Morgan fingerprint density at radius 3 is 2.47 bits per heavy atom. The van der Waals surface area contributed by atoms with Crippen LogP contribution in [0.5, 0.6) is 0 Å². The molecule has 2 N–H and O–H groups in total. The van der Waals surface area contributed by atoms with Crippen molar-refractivity contribution in [3.05, 3.63) is 24.3 Å². The highest BCUT2D eigenvalue weighted by Gasteiger charge is 2.22. The maximum atomic E-state index is 11.9. The Hall–Kier alpha value is -1.84. The SMILES string of the molecule is O=CNc1ccccc1NC(=O)C1CCCC1. The van der Waals surface area contributed by atoms with Gasteiger partial charge in [0.25, 0.3) is 0 Å². The molecule has 0 spiro atoms. The Kier molecular flexibility index (Phi) is 3.75. The van der Waals surface area contributed by atoms with Gasteiger partial charge in [-0.15, -0.1) is 0 Å². The molecular weight excluding hydrogens is 216 g/mol. The molecule has 4 heteroatoms. The minimum absolute atomic E-state index is 0.0580. The van der Waals surface area contributed by atoms with E-state index in [1.807, 2.05) is 12.1 Å². The first-order chi connectivity index (χ1) is 8.31. The number of hydrogen-bond acceptors (Lipinski definition) is 2. The van der Waals surface area contributed by atoms with E-state index < -0.39 is 0 Å². The molecule has 2 amide bonds. The summed E-state index contributed by atoms with van der Waals surface area (Å²) < 4.78 is 0. The monoisotopic (exact) mass is 232 g/mol. The molecule has 1 aromatic rings. The number of rotatable bonds is 4. The van der Waals surface area contributed by atoms with Gasteiger partial charge in [-0.05, 0) is 25.0 Å². The van der Waals surface area contributed by atoms with Crippen molar-refractivity contribution >= 4 is 23.7 Å². The molecule has 1 aromatic carbocycles. The van der Waals surface area contributed by atoms with Crippen LogP contribution in [0, 0.1) is 5.92 Å². The van der Waals surface area contributed by atoms with Crippen LogP contribution in [-0.2, 0) is 9.59 Å². The maximum absolute atomic E-state index is 11.9. The molecule has 0 aromatic heterocycles. The number of hydrogen-bond donors (Lipinski definition) is 2. The zero-order valence-electron chi connectivity index (χ0n) is 9.61. The molecule has 0 radical (unpaired) electrons. The molecule has 0 heterocycles. The number of benzene rings is 1. The second-order valence-electron chi connectivity index (χ2n) is 4.28. The lowest BCUT2D eigenvalue weighted by molar-refractivity contribution is -0.119. The Morgan fingerprint density at radius 2 is 1.82 bits per heavy atom. The second kappa shape index (κ2) is 5.48. The van der Waals surface area contributed by atoms with E-state index in [2.05, 4.69) is 10.6 Å². The zero-order valence-corrected chi connectivity index (χ0v) is 9.61. The molecule has 2 rings (SSSR count). The molecule has 17 heavy (non-hydrogen) atoms. The number of amides is 2. The van der Waals surface area contributed by atoms with Crippen molar-refractivity contribution in [2.45, 2.75) is 25.7 Å². The van der Waals surface area contributed by atoms with Crippen LogP contribution in [0.3, 0.4) is 0 Å². The third kappa shape index (κ3) is 2.84. The van der Waals surface area contributed by atoms with E-state index in [1.165, 1.54) is 0 Å². The average Bonchev–Trinajstić information content (AvgIpc) is 2.85. The fraction of sp³-hybridized carbons (Fsp3) is 0.385. The van der Waals surface area contributed by atoms with Gasteiger partial charge in [0.05, 0.1) is 11.4 Å². The molecule has 0 aliphatic heterocycles. The fourth-order valence-corrected chi connectivity index (χ4v) is 2.20. The van der Waals surface area contributed by atoms with E-state index in [0.717, 1.165) is 25.7 Å². The summed E-state index contributed by atoms with van der Waals surface area (Å²) in [5.74, 6) is 0.182. The molecule has 4 nitrogen and oxygen atoms in total. The molecule has 1 fully saturated rings. The minimum atomic E-state index is 0.0580. The van der Waals surface area contributed by atoms with E-state index >= 15 is 0 Å². The van der Waals surface area contributed by atoms with Crippen LogP contribution in [-0.4, -0.2) is 12.3 Å². The summed E-state index contributed by atoms with van der Waals surface area (Å²) in [6.07, 6.45) is 4.81. The minimum Gasteiger partial charge on any atom is -0.327 e. The quantitative estimate of drug-likeness (QED) is 0.783. The van der Waals surface area contributed by atoms with Gasteiger partial charge in [-0.25, -0.2) is 0 Å². The molecule has 0 bridgehead atoms. The summed E-state index contributed by atoms with van der Waals surface area (Å²) in [5, 5.41) is 5.45. The van der Waals surface area contributed by atoms with E-state index in [0.29, 0.717) is 17.8 Å². The molecule has 0 saturated heterocycles. The summed E-state index contributed by atoms with van der Waals surface area (Å²) >= 11 is 0. The lowest BCUT2D eigenvalue weighted by Gasteiger charge is -2.13. The largest absolute Gasteiger partial charge is 0.327 e. The van der Waals surface area contributed by atoms with Crippen LogP contribution in [0.25, 0.3) is 0 Å². The number of para-hydroxylation sites is 2. The lowest BCUT2D eigenvalue weighted by Crippen LogP contribution is -2.20. The smallest absolute Gasteiger partial charge is 0.227 e. The van der Waals surface area contributed by atoms with Gasteiger partial charge in [-0.1, -0.05) is 25.0 Å². The van der Waals surface area contributed by atoms with Crippen LogP contribution in [0.1, 0.15) is 25.7 Å². The van der Waals surface area contributed by atoms with Crippen molar-refractivity contribution in [2.75, 3.05) is 10.6 Å². The first-order valence-electron chi connectivity index (χ1n) is 5.91. The highest BCUT2D eigenvalue weighted by molar-refractivity contribution is 5.97. The molecule has 1 aliphatic rings. The first-order valence-corrected chi connectivity index (χ1v) is 5.91. The van der Waals surface area contributed by atoms with E-state index in [4.69, 9.17) is 0 Å². The topological polar surface area (TPSA) is 58.2 Å². The Bertz CT molecular complexity index is 412. The van der Waals surface area contributed by atoms with Crippen LogP contribution in [0.15, 0.2) is 24.3 Å². The van der Waals surface area contributed by atoms with Gasteiger partial charge in [-0.3, -0.25) is 9.59 Å². The van der Waals surface area contributed by atoms with Gasteiger partial charge >= 0.3 is 0 Å². The van der Waals surface area contributed by atoms with E-state index in [-0.39, 0.29) is 11.8 Å². The molecular formula is C13H16N2O2. The van der Waals surface area contributed by atoms with Gasteiger partial charge in [0.15, 0.2) is 0 Å². The van der Waals surface area contributed by atoms with Crippen LogP contribution in [0.2, 0.25) is 0 Å². The summed E-state index contributed by atoms with van der Waals surface area (Å²) in [4.78, 5) is 22.4. The Balaban J connectivity index is 2.06. The van der Waals surface area contributed by atoms with Gasteiger partial charge in [0.1, 0.15) is 0 Å². The predicted molar refractivity (Wildman–Crippen MR) is 66.7 cm³/mol. The number of anilines is 2. The fourth-order valence-electron chi connectivity index (χ4n) is 2.20. The van der Waals surface area contributed by atoms with Gasteiger partial charge in [0.2, 0.25) is 12.3 Å². The normalized spacial score (nSPS) is 15.5. The second-order valence-corrected chi connectivity index (χ2v) is 4.28. The van der Waals surface area contributed by atoms with Crippen molar-refractivity contribution in [3.8, 4) is 0 Å². The van der Waals surface area contributed by atoms with Gasteiger partial charge < -0.3 is 10.6 Å².